The molecule has 0 amide bonds. The Kier molecular flexibility index (Phi) is 6.13. The molecule has 0 spiro atoms. The minimum Gasteiger partial charge on any atom is -0.384 e. The fraction of sp³-hybridized carbons (Fsp3) is 0.409. The van der Waals surface area contributed by atoms with Crippen LogP contribution in [0.25, 0.3) is 11.1 Å². The normalized spacial score (nSPS) is 25.1. The van der Waals surface area contributed by atoms with Gasteiger partial charge in [0.25, 0.3) is 0 Å². The third-order valence-corrected chi connectivity index (χ3v) is 6.28. The monoisotopic (exact) mass is 498 g/mol. The van der Waals surface area contributed by atoms with Gasteiger partial charge >= 0.3 is 0 Å². The van der Waals surface area contributed by atoms with E-state index in [9.17, 15) is 21.6 Å². The summed E-state index contributed by atoms with van der Waals surface area (Å²) in [6, 6.07) is 2.70. The summed E-state index contributed by atoms with van der Waals surface area (Å²) in [4.78, 5) is 11.4. The quantitative estimate of drug-likeness (QED) is 0.471. The molecule has 0 radical (unpaired) electrons. The maximum Gasteiger partial charge on any atom is 0.249 e. The van der Waals surface area contributed by atoms with E-state index < -0.39 is 50.7 Å². The highest BCUT2D eigenvalue weighted by atomic mass is 32.2. The van der Waals surface area contributed by atoms with E-state index >= 15 is 4.39 Å². The molecule has 3 atom stereocenters. The van der Waals surface area contributed by atoms with Gasteiger partial charge in [0.05, 0.1) is 30.5 Å². The molecule has 7 nitrogen and oxygen atoms in total. The zero-order valence-corrected chi connectivity index (χ0v) is 19.4. The van der Waals surface area contributed by atoms with Crippen LogP contribution in [0.1, 0.15) is 30.7 Å². The van der Waals surface area contributed by atoms with E-state index in [0.717, 1.165) is 12.5 Å². The SMILES string of the molecule is Cc1cnc([C@@H]2CC(N3CC(/C=N/S(C)(=O)=O)[C@@](C)(F)C3)=NO2)c(-c2c(F)cc(F)cc2F)c1. The summed E-state index contributed by atoms with van der Waals surface area (Å²) >= 11 is 0. The minimum absolute atomic E-state index is 0.0717. The van der Waals surface area contributed by atoms with Crippen molar-refractivity contribution in [2.45, 2.75) is 32.0 Å². The third-order valence-electron chi connectivity index (χ3n) is 5.78. The van der Waals surface area contributed by atoms with Gasteiger partial charge in [0.2, 0.25) is 10.0 Å². The van der Waals surface area contributed by atoms with Crippen molar-refractivity contribution in [1.29, 1.82) is 0 Å². The fourth-order valence-electron chi connectivity index (χ4n) is 4.10. The molecular formula is C22H22F4N4O3S. The van der Waals surface area contributed by atoms with Crippen molar-refractivity contribution < 1.29 is 30.8 Å². The number of hydrogen-bond acceptors (Lipinski definition) is 6. The Labute approximate surface area is 194 Å². The number of rotatable bonds is 4. The molecule has 1 unspecified atom stereocenters. The first-order valence-electron chi connectivity index (χ1n) is 10.4. The van der Waals surface area contributed by atoms with Crippen molar-refractivity contribution >= 4 is 22.1 Å². The highest BCUT2D eigenvalue weighted by Crippen LogP contribution is 2.39. The molecule has 3 heterocycles. The van der Waals surface area contributed by atoms with Crippen LogP contribution in [0.15, 0.2) is 33.9 Å². The van der Waals surface area contributed by atoms with Gasteiger partial charge in [-0.3, -0.25) is 4.98 Å². The maximum atomic E-state index is 15.1. The van der Waals surface area contributed by atoms with E-state index in [0.29, 0.717) is 23.5 Å². The van der Waals surface area contributed by atoms with E-state index in [4.69, 9.17) is 4.84 Å². The molecular weight excluding hydrogens is 476 g/mol. The molecule has 2 aliphatic rings. The second kappa shape index (κ2) is 8.64. The third kappa shape index (κ3) is 4.91. The summed E-state index contributed by atoms with van der Waals surface area (Å²) in [6.07, 6.45) is 2.84. The number of hydrogen-bond donors (Lipinski definition) is 0. The first-order valence-corrected chi connectivity index (χ1v) is 12.2. The Balaban J connectivity index is 1.59. The number of likely N-dealkylation sites (tertiary alicyclic amines) is 1. The van der Waals surface area contributed by atoms with Crippen LogP contribution in [0.3, 0.4) is 0 Å². The Bertz CT molecular complexity index is 1270. The standard InChI is InChI=1S/C22H22F4N4O3S/c1-12-4-15(20-16(24)5-14(23)6-17(20)25)21(27-8-12)18-7-19(29-33-18)30-10-13(22(2,26)11-30)9-28-34(3,31)32/h4-6,8-9,13,18H,7,10-11H2,1-3H3/b28-9+/t13?,18-,22-/m0/s1. The van der Waals surface area contributed by atoms with Crippen molar-refractivity contribution in [3.05, 3.63) is 53.1 Å². The van der Waals surface area contributed by atoms with Gasteiger partial charge in [-0.05, 0) is 25.5 Å². The van der Waals surface area contributed by atoms with Gasteiger partial charge in [0.1, 0.15) is 29.0 Å². The molecule has 2 aliphatic heterocycles. The average molecular weight is 499 g/mol. The zero-order valence-electron chi connectivity index (χ0n) is 18.6. The predicted molar refractivity (Wildman–Crippen MR) is 118 cm³/mol. The molecule has 182 valence electrons. The Morgan fingerprint density at radius 3 is 2.56 bits per heavy atom. The number of nitrogens with zero attached hydrogens (tertiary/aromatic N) is 4. The van der Waals surface area contributed by atoms with Gasteiger partial charge in [-0.15, -0.1) is 0 Å². The van der Waals surface area contributed by atoms with Crippen LogP contribution in [0.4, 0.5) is 17.6 Å². The first-order chi connectivity index (χ1) is 15.8. The lowest BCUT2D eigenvalue weighted by atomic mass is 9.96. The number of pyridine rings is 1. The van der Waals surface area contributed by atoms with Crippen molar-refractivity contribution in [2.24, 2.45) is 15.5 Å². The highest BCUT2D eigenvalue weighted by Gasteiger charge is 2.45. The Hall–Kier alpha value is -3.02. The summed E-state index contributed by atoms with van der Waals surface area (Å²) in [5.74, 6) is -3.60. The average Bonchev–Trinajstić information content (AvgIpc) is 3.29. The molecule has 1 aromatic carbocycles. The van der Waals surface area contributed by atoms with E-state index in [2.05, 4.69) is 14.5 Å². The Morgan fingerprint density at radius 2 is 1.91 bits per heavy atom. The van der Waals surface area contributed by atoms with Crippen LogP contribution in [-0.4, -0.2) is 55.4 Å². The molecule has 0 N–H and O–H groups in total. The number of aryl methyl sites for hydroxylation is 1. The maximum absolute atomic E-state index is 15.1. The highest BCUT2D eigenvalue weighted by molar-refractivity contribution is 7.89. The van der Waals surface area contributed by atoms with Crippen molar-refractivity contribution in [3.63, 3.8) is 0 Å². The smallest absolute Gasteiger partial charge is 0.249 e. The van der Waals surface area contributed by atoms with Crippen LogP contribution < -0.4 is 0 Å². The number of oxime groups is 1. The van der Waals surface area contributed by atoms with Crippen LogP contribution in [0.5, 0.6) is 0 Å². The van der Waals surface area contributed by atoms with E-state index in [1.807, 2.05) is 0 Å². The number of aromatic nitrogens is 1. The molecule has 2 aromatic rings. The second-order valence-corrected chi connectivity index (χ2v) is 10.4. The molecule has 0 aliphatic carbocycles. The van der Waals surface area contributed by atoms with Crippen LogP contribution in [0, 0.1) is 30.3 Å². The molecule has 1 aromatic heterocycles. The van der Waals surface area contributed by atoms with Crippen molar-refractivity contribution in [2.75, 3.05) is 19.3 Å². The molecule has 4 rings (SSSR count). The summed E-state index contributed by atoms with van der Waals surface area (Å²) < 4.78 is 83.6. The molecule has 1 fully saturated rings. The van der Waals surface area contributed by atoms with Crippen LogP contribution >= 0.6 is 0 Å². The lowest BCUT2D eigenvalue weighted by Gasteiger charge is -2.19. The van der Waals surface area contributed by atoms with Crippen molar-refractivity contribution in [1.82, 2.24) is 9.88 Å². The fourth-order valence-corrected chi connectivity index (χ4v) is 4.47. The minimum atomic E-state index is -3.65. The summed E-state index contributed by atoms with van der Waals surface area (Å²) in [7, 11) is -3.65. The van der Waals surface area contributed by atoms with Gasteiger partial charge in [-0.1, -0.05) is 5.16 Å². The molecule has 0 bridgehead atoms. The largest absolute Gasteiger partial charge is 0.384 e. The predicted octanol–water partition coefficient (Wildman–Crippen LogP) is 3.94. The summed E-state index contributed by atoms with van der Waals surface area (Å²) in [5.41, 5.74) is -1.26. The zero-order chi connectivity index (χ0) is 24.8. The topological polar surface area (TPSA) is 84.2 Å². The summed E-state index contributed by atoms with van der Waals surface area (Å²) in [5, 5.41) is 4.03. The first kappa shape index (κ1) is 24.1. The van der Waals surface area contributed by atoms with Gasteiger partial charge < -0.3 is 9.74 Å². The van der Waals surface area contributed by atoms with Crippen LogP contribution in [0.2, 0.25) is 0 Å². The van der Waals surface area contributed by atoms with E-state index in [-0.39, 0.29) is 30.8 Å². The lowest BCUT2D eigenvalue weighted by molar-refractivity contribution is 0.0828. The van der Waals surface area contributed by atoms with Gasteiger partial charge in [0.15, 0.2) is 6.10 Å². The number of halogens is 4. The lowest BCUT2D eigenvalue weighted by Crippen LogP contribution is -2.32. The van der Waals surface area contributed by atoms with E-state index in [1.165, 1.54) is 19.2 Å². The molecule has 1 saturated heterocycles. The van der Waals surface area contributed by atoms with Gasteiger partial charge in [0, 0.05) is 42.6 Å². The molecule has 34 heavy (non-hydrogen) atoms. The molecule has 12 heteroatoms. The number of alkyl halides is 1. The summed E-state index contributed by atoms with van der Waals surface area (Å²) in [6.45, 7) is 3.09. The van der Waals surface area contributed by atoms with E-state index in [1.54, 1.807) is 11.8 Å². The second-order valence-electron chi connectivity index (χ2n) is 8.75. The molecule has 0 saturated carbocycles. The number of benzene rings is 1. The number of sulfonamides is 1. The Morgan fingerprint density at radius 1 is 1.24 bits per heavy atom. The van der Waals surface area contributed by atoms with Gasteiger partial charge in [-0.25, -0.2) is 26.0 Å². The number of amidine groups is 1. The van der Waals surface area contributed by atoms with Crippen molar-refractivity contribution in [3.8, 4) is 11.1 Å². The van der Waals surface area contributed by atoms with Crippen LogP contribution in [-0.2, 0) is 14.9 Å². The van der Waals surface area contributed by atoms with Gasteiger partial charge in [-0.2, -0.15) is 4.40 Å².